The van der Waals surface area contributed by atoms with Gasteiger partial charge in [0.15, 0.2) is 0 Å². The van der Waals surface area contributed by atoms with E-state index in [0.717, 1.165) is 23.0 Å². The molecule has 0 heterocycles. The molecule has 1 unspecified atom stereocenters. The van der Waals surface area contributed by atoms with E-state index in [1.54, 1.807) is 0 Å². The molecule has 2 aromatic carbocycles. The molecular formula is C18H19Cl2N. The van der Waals surface area contributed by atoms with Gasteiger partial charge in [-0.15, -0.1) is 0 Å². The van der Waals surface area contributed by atoms with E-state index in [-0.39, 0.29) is 5.41 Å². The topological polar surface area (TPSA) is 3.24 Å². The largest absolute Gasteiger partial charge is 0.309 e. The Kier molecular flexibility index (Phi) is 4.00. The van der Waals surface area contributed by atoms with E-state index < -0.39 is 0 Å². The minimum atomic E-state index is 0.0556. The predicted molar refractivity (Wildman–Crippen MR) is 90.3 cm³/mol. The first kappa shape index (κ1) is 14.9. The zero-order valence-corrected chi connectivity index (χ0v) is 13.8. The predicted octanol–water partition coefficient (Wildman–Crippen LogP) is 4.86. The van der Waals surface area contributed by atoms with E-state index in [9.17, 15) is 0 Å². The van der Waals surface area contributed by atoms with Crippen molar-refractivity contribution in [2.45, 2.75) is 11.8 Å². The van der Waals surface area contributed by atoms with Gasteiger partial charge in [-0.3, -0.25) is 0 Å². The molecule has 3 rings (SSSR count). The van der Waals surface area contributed by atoms with Crippen LogP contribution in [0.4, 0.5) is 0 Å². The lowest BCUT2D eigenvalue weighted by Gasteiger charge is -2.21. The van der Waals surface area contributed by atoms with E-state index in [1.165, 1.54) is 11.1 Å². The molecule has 3 heteroatoms. The molecule has 1 aliphatic carbocycles. The molecule has 1 aliphatic rings. The highest BCUT2D eigenvalue weighted by Crippen LogP contribution is 2.59. The maximum atomic E-state index is 6.21. The molecule has 0 radical (unpaired) electrons. The van der Waals surface area contributed by atoms with Gasteiger partial charge in [-0.05, 0) is 61.8 Å². The van der Waals surface area contributed by atoms with Crippen LogP contribution in [-0.4, -0.2) is 25.5 Å². The summed E-state index contributed by atoms with van der Waals surface area (Å²) in [6.07, 6.45) is 1.14. The Balaban J connectivity index is 2.05. The van der Waals surface area contributed by atoms with Crippen LogP contribution in [0, 0.1) is 5.92 Å². The molecule has 0 saturated heterocycles. The van der Waals surface area contributed by atoms with Gasteiger partial charge in [0, 0.05) is 22.0 Å². The lowest BCUT2D eigenvalue weighted by atomic mass is 9.85. The number of halogens is 2. The molecule has 0 amide bonds. The van der Waals surface area contributed by atoms with E-state index in [1.807, 2.05) is 24.3 Å². The third-order valence-corrected chi connectivity index (χ3v) is 4.84. The first-order chi connectivity index (χ1) is 10.0. The van der Waals surface area contributed by atoms with Gasteiger partial charge >= 0.3 is 0 Å². The maximum Gasteiger partial charge on any atom is 0.0409 e. The van der Waals surface area contributed by atoms with Gasteiger partial charge in [0.25, 0.3) is 0 Å². The van der Waals surface area contributed by atoms with Crippen molar-refractivity contribution in [3.8, 4) is 0 Å². The zero-order chi connectivity index (χ0) is 15.0. The van der Waals surface area contributed by atoms with Crippen LogP contribution < -0.4 is 0 Å². The second-order valence-electron chi connectivity index (χ2n) is 6.16. The van der Waals surface area contributed by atoms with Crippen molar-refractivity contribution < 1.29 is 0 Å². The molecule has 2 aromatic rings. The van der Waals surface area contributed by atoms with Crippen LogP contribution in [0.5, 0.6) is 0 Å². The smallest absolute Gasteiger partial charge is 0.0409 e. The Morgan fingerprint density at radius 3 is 1.95 bits per heavy atom. The van der Waals surface area contributed by atoms with Crippen LogP contribution >= 0.6 is 23.2 Å². The highest BCUT2D eigenvalue weighted by Gasteiger charge is 2.56. The summed E-state index contributed by atoms with van der Waals surface area (Å²) in [6.45, 7) is 1.07. The zero-order valence-electron chi connectivity index (χ0n) is 12.3. The van der Waals surface area contributed by atoms with Crippen LogP contribution in [0.2, 0.25) is 10.0 Å². The fourth-order valence-electron chi connectivity index (χ4n) is 3.40. The van der Waals surface area contributed by atoms with Crippen molar-refractivity contribution in [3.63, 3.8) is 0 Å². The Morgan fingerprint density at radius 2 is 1.52 bits per heavy atom. The summed E-state index contributed by atoms with van der Waals surface area (Å²) in [5.74, 6) is 0.601. The third-order valence-electron chi connectivity index (χ3n) is 4.37. The minimum absolute atomic E-state index is 0.0556. The second kappa shape index (κ2) is 5.64. The molecular weight excluding hydrogens is 301 g/mol. The molecule has 21 heavy (non-hydrogen) atoms. The standard InChI is InChI=1S/C18H19Cl2N/c1-21(2)12-15-11-18(15,13-5-3-7-16(19)9-13)14-6-4-8-17(20)10-14/h3-10,15H,11-12H2,1-2H3. The molecule has 0 aromatic heterocycles. The SMILES string of the molecule is CN(C)CC1CC1(c1cccc(Cl)c1)c1cccc(Cl)c1. The van der Waals surface area contributed by atoms with Crippen LogP contribution in [0.15, 0.2) is 48.5 Å². The molecule has 110 valence electrons. The summed E-state index contributed by atoms with van der Waals surface area (Å²) in [5.41, 5.74) is 2.65. The van der Waals surface area contributed by atoms with Gasteiger partial charge in [0.2, 0.25) is 0 Å². The van der Waals surface area contributed by atoms with Crippen LogP contribution in [0.25, 0.3) is 0 Å². The van der Waals surface area contributed by atoms with Gasteiger partial charge in [-0.1, -0.05) is 47.5 Å². The monoisotopic (exact) mass is 319 g/mol. The Bertz CT molecular complexity index is 606. The van der Waals surface area contributed by atoms with Crippen LogP contribution in [0.1, 0.15) is 17.5 Å². The van der Waals surface area contributed by atoms with Crippen molar-refractivity contribution in [2.24, 2.45) is 5.92 Å². The number of hydrogen-bond donors (Lipinski definition) is 0. The first-order valence-corrected chi connectivity index (χ1v) is 7.95. The normalized spacial score (nSPS) is 19.8. The Morgan fingerprint density at radius 1 is 1.00 bits per heavy atom. The highest BCUT2D eigenvalue weighted by molar-refractivity contribution is 6.31. The number of nitrogens with zero attached hydrogens (tertiary/aromatic N) is 1. The molecule has 1 fully saturated rings. The van der Waals surface area contributed by atoms with Crippen molar-refractivity contribution >= 4 is 23.2 Å². The third kappa shape index (κ3) is 2.83. The van der Waals surface area contributed by atoms with Crippen molar-refractivity contribution in [3.05, 3.63) is 69.7 Å². The fourth-order valence-corrected chi connectivity index (χ4v) is 3.78. The van der Waals surface area contributed by atoms with Gasteiger partial charge in [0.1, 0.15) is 0 Å². The summed E-state index contributed by atoms with van der Waals surface area (Å²) < 4.78 is 0. The second-order valence-corrected chi connectivity index (χ2v) is 7.03. The molecule has 0 aliphatic heterocycles. The summed E-state index contributed by atoms with van der Waals surface area (Å²) in [4.78, 5) is 2.25. The molecule has 1 nitrogen and oxygen atoms in total. The van der Waals surface area contributed by atoms with E-state index in [0.29, 0.717) is 5.92 Å². The Labute approximate surface area is 136 Å². The summed E-state index contributed by atoms with van der Waals surface area (Å²) in [6, 6.07) is 16.5. The maximum absolute atomic E-state index is 6.21. The molecule has 1 saturated carbocycles. The Hall–Kier alpha value is -1.02. The lowest BCUT2D eigenvalue weighted by Crippen LogP contribution is -2.21. The molecule has 1 atom stereocenters. The number of rotatable bonds is 4. The van der Waals surface area contributed by atoms with E-state index in [4.69, 9.17) is 23.2 Å². The molecule has 0 spiro atoms. The van der Waals surface area contributed by atoms with Crippen molar-refractivity contribution in [1.82, 2.24) is 4.90 Å². The molecule has 0 N–H and O–H groups in total. The summed E-state index contributed by atoms with van der Waals surface area (Å²) in [7, 11) is 4.25. The van der Waals surface area contributed by atoms with Crippen LogP contribution in [0.3, 0.4) is 0 Å². The van der Waals surface area contributed by atoms with Gasteiger partial charge in [-0.25, -0.2) is 0 Å². The van der Waals surface area contributed by atoms with E-state index >= 15 is 0 Å². The highest BCUT2D eigenvalue weighted by atomic mass is 35.5. The van der Waals surface area contributed by atoms with Crippen molar-refractivity contribution in [2.75, 3.05) is 20.6 Å². The summed E-state index contributed by atoms with van der Waals surface area (Å²) in [5, 5.41) is 1.59. The van der Waals surface area contributed by atoms with Crippen molar-refractivity contribution in [1.29, 1.82) is 0 Å². The van der Waals surface area contributed by atoms with Gasteiger partial charge in [-0.2, -0.15) is 0 Å². The number of hydrogen-bond acceptors (Lipinski definition) is 1. The molecule has 0 bridgehead atoms. The van der Waals surface area contributed by atoms with Crippen LogP contribution in [-0.2, 0) is 5.41 Å². The fraction of sp³-hybridized carbons (Fsp3) is 0.333. The minimum Gasteiger partial charge on any atom is -0.309 e. The quantitative estimate of drug-likeness (QED) is 0.777. The van der Waals surface area contributed by atoms with Gasteiger partial charge < -0.3 is 4.90 Å². The average Bonchev–Trinajstić information content (AvgIpc) is 3.13. The van der Waals surface area contributed by atoms with E-state index in [2.05, 4.69) is 43.3 Å². The number of benzene rings is 2. The first-order valence-electron chi connectivity index (χ1n) is 7.19. The summed E-state index contributed by atoms with van der Waals surface area (Å²) >= 11 is 12.4. The average molecular weight is 320 g/mol. The van der Waals surface area contributed by atoms with Gasteiger partial charge in [0.05, 0.1) is 0 Å². The lowest BCUT2D eigenvalue weighted by molar-refractivity contribution is 0.377.